The topological polar surface area (TPSA) is 66.8 Å². The van der Waals surface area contributed by atoms with E-state index in [1.807, 2.05) is 0 Å². The number of quaternary nitrogens is 1. The van der Waals surface area contributed by atoms with E-state index in [2.05, 4.69) is 16.2 Å². The Labute approximate surface area is 140 Å². The summed E-state index contributed by atoms with van der Waals surface area (Å²) in [5.74, 6) is -1.14. The molecule has 1 saturated heterocycles. The molecule has 0 spiro atoms. The Morgan fingerprint density at radius 2 is 2.00 bits per heavy atom. The van der Waals surface area contributed by atoms with Gasteiger partial charge in [0.05, 0.1) is 25.3 Å². The van der Waals surface area contributed by atoms with Crippen LogP contribution in [0.1, 0.15) is 16.8 Å². The van der Waals surface area contributed by atoms with E-state index < -0.39 is 11.7 Å². The summed E-state index contributed by atoms with van der Waals surface area (Å²) in [5.41, 5.74) is 4.92. The molecule has 126 valence electrons. The molecule has 1 heterocycles. The number of rotatable bonds is 5. The van der Waals surface area contributed by atoms with Gasteiger partial charge in [-0.3, -0.25) is 15.6 Å². The van der Waals surface area contributed by atoms with Crippen LogP contribution in [-0.4, -0.2) is 50.4 Å². The lowest BCUT2D eigenvalue weighted by molar-refractivity contribution is -0.908. The molecule has 0 unspecified atom stereocenters. The van der Waals surface area contributed by atoms with Gasteiger partial charge in [0.25, 0.3) is 5.91 Å². The summed E-state index contributed by atoms with van der Waals surface area (Å²) in [4.78, 5) is 13.3. The number of nitrogens with one attached hydrogen (secondary N) is 4. The van der Waals surface area contributed by atoms with Crippen molar-refractivity contribution in [2.75, 3.05) is 39.4 Å². The van der Waals surface area contributed by atoms with Gasteiger partial charge in [-0.1, -0.05) is 12.1 Å². The summed E-state index contributed by atoms with van der Waals surface area (Å²) in [5, 5.41) is 3.32. The Hall–Kier alpha value is -1.77. The normalized spacial score (nSPS) is 15.0. The molecule has 0 aromatic heterocycles. The summed E-state index contributed by atoms with van der Waals surface area (Å²) >= 11 is 5.07. The number of halogens is 1. The first-order valence-electron chi connectivity index (χ1n) is 7.67. The highest BCUT2D eigenvalue weighted by Crippen LogP contribution is 2.04. The first-order valence-corrected chi connectivity index (χ1v) is 8.07. The highest BCUT2D eigenvalue weighted by Gasteiger charge is 2.13. The van der Waals surface area contributed by atoms with E-state index >= 15 is 0 Å². The molecule has 8 heteroatoms. The maximum atomic E-state index is 13.4. The monoisotopic (exact) mass is 341 g/mol. The molecule has 4 N–H and O–H groups in total. The number of carbonyl (C=O) groups is 1. The second-order valence-electron chi connectivity index (χ2n) is 5.28. The van der Waals surface area contributed by atoms with Gasteiger partial charge in [0.2, 0.25) is 0 Å². The van der Waals surface area contributed by atoms with Gasteiger partial charge < -0.3 is 15.0 Å². The number of hydrogen-bond acceptors (Lipinski definition) is 3. The third-order valence-electron chi connectivity index (χ3n) is 3.60. The molecule has 0 saturated carbocycles. The Bertz CT molecular complexity index is 538. The second-order valence-corrected chi connectivity index (χ2v) is 5.69. The Morgan fingerprint density at radius 3 is 2.74 bits per heavy atom. The lowest BCUT2D eigenvalue weighted by atomic mass is 10.2. The van der Waals surface area contributed by atoms with E-state index in [9.17, 15) is 9.18 Å². The van der Waals surface area contributed by atoms with Crippen LogP contribution in [0.5, 0.6) is 0 Å². The number of ether oxygens (including phenoxy) is 1. The second kappa shape index (κ2) is 9.39. The van der Waals surface area contributed by atoms with Gasteiger partial charge in [0.1, 0.15) is 18.9 Å². The van der Waals surface area contributed by atoms with Crippen molar-refractivity contribution < 1.29 is 18.8 Å². The molecular formula is C15H22FN4O2S+. The van der Waals surface area contributed by atoms with E-state index in [0.29, 0.717) is 11.7 Å². The van der Waals surface area contributed by atoms with Crippen molar-refractivity contribution in [3.05, 3.63) is 35.6 Å². The van der Waals surface area contributed by atoms with Gasteiger partial charge in [-0.2, -0.15) is 0 Å². The quantitative estimate of drug-likeness (QED) is 0.322. The van der Waals surface area contributed by atoms with Gasteiger partial charge in [-0.05, 0) is 24.4 Å². The van der Waals surface area contributed by atoms with Crippen LogP contribution in [0.2, 0.25) is 0 Å². The minimum atomic E-state index is -0.570. The van der Waals surface area contributed by atoms with Crippen molar-refractivity contribution in [2.24, 2.45) is 0 Å². The Morgan fingerprint density at radius 1 is 1.26 bits per heavy atom. The predicted octanol–water partition coefficient (Wildman–Crippen LogP) is -0.760. The lowest BCUT2D eigenvalue weighted by Gasteiger charge is -2.23. The maximum Gasteiger partial charge on any atom is 0.272 e. The fourth-order valence-electron chi connectivity index (χ4n) is 2.32. The van der Waals surface area contributed by atoms with Crippen LogP contribution in [0.3, 0.4) is 0 Å². The lowest BCUT2D eigenvalue weighted by Crippen LogP contribution is -3.14. The fourth-order valence-corrected chi connectivity index (χ4v) is 2.47. The summed E-state index contributed by atoms with van der Waals surface area (Å²) in [6, 6.07) is 5.78. The molecule has 1 aromatic carbocycles. The minimum Gasteiger partial charge on any atom is -0.370 e. The zero-order valence-corrected chi connectivity index (χ0v) is 13.7. The SMILES string of the molecule is O=C(NNC(=S)NCCC[NH+]1CCOCC1)c1ccccc1F. The van der Waals surface area contributed by atoms with Crippen molar-refractivity contribution in [1.82, 2.24) is 16.2 Å². The van der Waals surface area contributed by atoms with Gasteiger partial charge >= 0.3 is 0 Å². The van der Waals surface area contributed by atoms with E-state index in [-0.39, 0.29) is 5.56 Å². The maximum absolute atomic E-state index is 13.4. The van der Waals surface area contributed by atoms with Crippen LogP contribution in [0.4, 0.5) is 4.39 Å². The number of hydrogen-bond donors (Lipinski definition) is 4. The number of carbonyl (C=O) groups excluding carboxylic acids is 1. The molecule has 0 aliphatic carbocycles. The van der Waals surface area contributed by atoms with Crippen molar-refractivity contribution in [3.63, 3.8) is 0 Å². The van der Waals surface area contributed by atoms with Gasteiger partial charge in [0.15, 0.2) is 5.11 Å². The molecule has 6 nitrogen and oxygen atoms in total. The Kier molecular flexibility index (Phi) is 7.18. The molecule has 0 atom stereocenters. The van der Waals surface area contributed by atoms with Crippen LogP contribution < -0.4 is 21.1 Å². The van der Waals surface area contributed by atoms with Gasteiger partial charge in [-0.15, -0.1) is 0 Å². The van der Waals surface area contributed by atoms with E-state index in [4.69, 9.17) is 17.0 Å². The molecule has 2 rings (SSSR count). The van der Waals surface area contributed by atoms with E-state index in [1.54, 1.807) is 6.07 Å². The van der Waals surface area contributed by atoms with Crippen molar-refractivity contribution >= 4 is 23.2 Å². The third-order valence-corrected chi connectivity index (χ3v) is 3.85. The zero-order chi connectivity index (χ0) is 16.5. The van der Waals surface area contributed by atoms with E-state index in [0.717, 1.165) is 39.3 Å². The third kappa shape index (κ3) is 6.09. The predicted molar refractivity (Wildman–Crippen MR) is 88.6 cm³/mol. The molecule has 0 radical (unpaired) electrons. The minimum absolute atomic E-state index is 0.0290. The van der Waals surface area contributed by atoms with Crippen LogP contribution >= 0.6 is 12.2 Å². The zero-order valence-electron chi connectivity index (χ0n) is 12.9. The number of thiocarbonyl (C=S) groups is 1. The van der Waals surface area contributed by atoms with Crippen molar-refractivity contribution in [1.29, 1.82) is 0 Å². The van der Waals surface area contributed by atoms with Gasteiger partial charge in [-0.25, -0.2) is 4.39 Å². The average molecular weight is 341 g/mol. The Balaban J connectivity index is 1.59. The largest absolute Gasteiger partial charge is 0.370 e. The van der Waals surface area contributed by atoms with E-state index in [1.165, 1.54) is 23.1 Å². The van der Waals surface area contributed by atoms with Crippen LogP contribution in [-0.2, 0) is 4.74 Å². The van der Waals surface area contributed by atoms with Crippen LogP contribution in [0.15, 0.2) is 24.3 Å². The molecule has 1 amide bonds. The van der Waals surface area contributed by atoms with Crippen molar-refractivity contribution in [2.45, 2.75) is 6.42 Å². The first kappa shape index (κ1) is 17.6. The number of hydrazine groups is 1. The smallest absolute Gasteiger partial charge is 0.272 e. The molecule has 1 aliphatic heterocycles. The van der Waals surface area contributed by atoms with Crippen molar-refractivity contribution in [3.8, 4) is 0 Å². The standard InChI is InChI=1S/C15H21FN4O2S/c16-13-5-2-1-4-12(13)14(21)18-19-15(23)17-6-3-7-20-8-10-22-11-9-20/h1-2,4-5H,3,6-11H2,(H,18,21)(H2,17,19,23)/p+1. The highest BCUT2D eigenvalue weighted by atomic mass is 32.1. The molecule has 0 bridgehead atoms. The number of morpholine rings is 1. The van der Waals surface area contributed by atoms with Crippen LogP contribution in [0.25, 0.3) is 0 Å². The summed E-state index contributed by atoms with van der Waals surface area (Å²) in [7, 11) is 0. The molecule has 1 aliphatic rings. The first-order chi connectivity index (χ1) is 11.2. The number of benzene rings is 1. The molecular weight excluding hydrogens is 319 g/mol. The average Bonchev–Trinajstić information content (AvgIpc) is 2.58. The number of amides is 1. The molecule has 1 fully saturated rings. The van der Waals surface area contributed by atoms with Crippen LogP contribution in [0, 0.1) is 5.82 Å². The molecule has 23 heavy (non-hydrogen) atoms. The fraction of sp³-hybridized carbons (Fsp3) is 0.467. The van der Waals surface area contributed by atoms with Gasteiger partial charge in [0, 0.05) is 13.0 Å². The molecule has 1 aromatic rings. The summed E-state index contributed by atoms with van der Waals surface area (Å²) in [6.45, 7) is 5.50. The summed E-state index contributed by atoms with van der Waals surface area (Å²) < 4.78 is 18.8. The highest BCUT2D eigenvalue weighted by molar-refractivity contribution is 7.80. The summed E-state index contributed by atoms with van der Waals surface area (Å²) in [6.07, 6.45) is 0.971.